The molecule has 1 aliphatic heterocycles. The number of rotatable bonds is 5. The van der Waals surface area contributed by atoms with E-state index in [1.54, 1.807) is 6.07 Å². The third kappa shape index (κ3) is 4.51. The van der Waals surface area contributed by atoms with Crippen LogP contribution < -0.4 is 5.32 Å². The van der Waals surface area contributed by atoms with Crippen molar-refractivity contribution in [3.63, 3.8) is 0 Å². The zero-order valence-electron chi connectivity index (χ0n) is 14.6. The summed E-state index contributed by atoms with van der Waals surface area (Å²) in [6, 6.07) is 9.90. The van der Waals surface area contributed by atoms with Gasteiger partial charge in [-0.05, 0) is 49.2 Å². The van der Waals surface area contributed by atoms with Gasteiger partial charge in [0, 0.05) is 19.0 Å². The lowest BCUT2D eigenvalue weighted by molar-refractivity contribution is -0.117. The highest BCUT2D eigenvalue weighted by Crippen LogP contribution is 2.27. The number of nitrogens with one attached hydrogen (secondary N) is 1. The number of anilines is 1. The fraction of sp³-hybridized carbons (Fsp3) is 0.316. The van der Waals surface area contributed by atoms with Gasteiger partial charge in [0.15, 0.2) is 0 Å². The molecule has 8 heteroatoms. The van der Waals surface area contributed by atoms with Crippen molar-refractivity contribution in [3.8, 4) is 0 Å². The maximum atomic E-state index is 13.7. The summed E-state index contributed by atoms with van der Waals surface area (Å²) >= 11 is 0. The molecule has 1 aliphatic rings. The monoisotopic (exact) mass is 394 g/mol. The van der Waals surface area contributed by atoms with Gasteiger partial charge in [0.2, 0.25) is 15.9 Å². The average Bonchev–Trinajstić information content (AvgIpc) is 2.64. The number of halogens is 2. The van der Waals surface area contributed by atoms with Crippen LogP contribution in [0.1, 0.15) is 25.7 Å². The molecule has 1 atom stereocenters. The van der Waals surface area contributed by atoms with Crippen molar-refractivity contribution in [1.29, 1.82) is 0 Å². The Bertz CT molecular complexity index is 917. The second-order valence-corrected chi connectivity index (χ2v) is 8.34. The van der Waals surface area contributed by atoms with E-state index in [4.69, 9.17) is 0 Å². The van der Waals surface area contributed by atoms with Crippen LogP contribution in [0, 0.1) is 11.6 Å². The summed E-state index contributed by atoms with van der Waals surface area (Å²) in [7, 11) is -3.84. The standard InChI is InChI=1S/C19H20F2N2O3S/c20-14-8-10-16(11-9-14)27(25,26)23-12-4-3-5-15(23)13-19(24)22-18-7-2-1-6-17(18)21/h1-2,6-11,15H,3-5,12-13H2,(H,22,24)/t15-/m1/s1. The van der Waals surface area contributed by atoms with E-state index in [2.05, 4.69) is 5.32 Å². The summed E-state index contributed by atoms with van der Waals surface area (Å²) in [6.45, 7) is 0.289. The molecule has 0 spiro atoms. The minimum atomic E-state index is -3.84. The predicted octanol–water partition coefficient (Wildman–Crippen LogP) is 3.54. The number of piperidine rings is 1. The van der Waals surface area contributed by atoms with E-state index in [0.717, 1.165) is 18.6 Å². The van der Waals surface area contributed by atoms with Gasteiger partial charge in [0.25, 0.3) is 0 Å². The SMILES string of the molecule is O=C(C[C@H]1CCCCN1S(=O)(=O)c1ccc(F)cc1)Nc1ccccc1F. The summed E-state index contributed by atoms with van der Waals surface area (Å²) in [5.41, 5.74) is 0.0613. The van der Waals surface area contributed by atoms with E-state index in [1.165, 1.54) is 34.6 Å². The van der Waals surface area contributed by atoms with Gasteiger partial charge < -0.3 is 5.32 Å². The van der Waals surface area contributed by atoms with Crippen molar-refractivity contribution >= 4 is 21.6 Å². The molecular weight excluding hydrogens is 374 g/mol. The highest BCUT2D eigenvalue weighted by Gasteiger charge is 2.34. The molecule has 1 saturated heterocycles. The van der Waals surface area contributed by atoms with E-state index in [9.17, 15) is 22.0 Å². The Labute approximate surface area is 157 Å². The number of carbonyl (C=O) groups is 1. The normalized spacial score (nSPS) is 18.2. The Morgan fingerprint density at radius 3 is 2.48 bits per heavy atom. The van der Waals surface area contributed by atoms with E-state index in [-0.39, 0.29) is 23.5 Å². The van der Waals surface area contributed by atoms with Crippen LogP contribution in [-0.2, 0) is 14.8 Å². The molecule has 27 heavy (non-hydrogen) atoms. The molecule has 2 aromatic rings. The number of benzene rings is 2. The number of nitrogens with zero attached hydrogens (tertiary/aromatic N) is 1. The zero-order valence-corrected chi connectivity index (χ0v) is 15.4. The van der Waals surface area contributed by atoms with Crippen LogP contribution in [0.2, 0.25) is 0 Å². The smallest absolute Gasteiger partial charge is 0.243 e. The van der Waals surface area contributed by atoms with Crippen LogP contribution in [0.4, 0.5) is 14.5 Å². The summed E-state index contributed by atoms with van der Waals surface area (Å²) < 4.78 is 53.9. The number of para-hydroxylation sites is 1. The summed E-state index contributed by atoms with van der Waals surface area (Å²) in [5.74, 6) is -1.52. The van der Waals surface area contributed by atoms with Gasteiger partial charge >= 0.3 is 0 Å². The van der Waals surface area contributed by atoms with Crippen LogP contribution in [0.15, 0.2) is 53.4 Å². The molecule has 0 radical (unpaired) electrons. The first-order valence-corrected chi connectivity index (χ1v) is 10.1. The summed E-state index contributed by atoms with van der Waals surface area (Å²) in [6.07, 6.45) is 1.94. The van der Waals surface area contributed by atoms with E-state index >= 15 is 0 Å². The van der Waals surface area contributed by atoms with Gasteiger partial charge in [0.05, 0.1) is 10.6 Å². The first-order chi connectivity index (χ1) is 12.9. The Morgan fingerprint density at radius 2 is 1.78 bits per heavy atom. The molecular formula is C19H20F2N2O3S. The quantitative estimate of drug-likeness (QED) is 0.844. The molecule has 144 valence electrons. The second-order valence-electron chi connectivity index (χ2n) is 6.45. The first-order valence-electron chi connectivity index (χ1n) is 8.70. The van der Waals surface area contributed by atoms with Crippen molar-refractivity contribution in [3.05, 3.63) is 60.2 Å². The van der Waals surface area contributed by atoms with Crippen LogP contribution in [0.25, 0.3) is 0 Å². The molecule has 0 unspecified atom stereocenters. The molecule has 1 N–H and O–H groups in total. The first kappa shape index (κ1) is 19.4. The largest absolute Gasteiger partial charge is 0.324 e. The number of amides is 1. The highest BCUT2D eigenvalue weighted by atomic mass is 32.2. The number of carbonyl (C=O) groups excluding carboxylic acids is 1. The van der Waals surface area contributed by atoms with E-state index in [0.29, 0.717) is 12.8 Å². The van der Waals surface area contributed by atoms with Crippen molar-refractivity contribution < 1.29 is 22.0 Å². The van der Waals surface area contributed by atoms with Gasteiger partial charge in [-0.2, -0.15) is 4.31 Å². The lowest BCUT2D eigenvalue weighted by Gasteiger charge is -2.34. The molecule has 2 aromatic carbocycles. The van der Waals surface area contributed by atoms with Crippen LogP contribution in [0.5, 0.6) is 0 Å². The molecule has 5 nitrogen and oxygen atoms in total. The Morgan fingerprint density at radius 1 is 1.07 bits per heavy atom. The van der Waals surface area contributed by atoms with Crippen LogP contribution >= 0.6 is 0 Å². The molecule has 3 rings (SSSR count). The zero-order chi connectivity index (χ0) is 19.4. The Hall–Kier alpha value is -2.32. The topological polar surface area (TPSA) is 66.5 Å². The number of hydrogen-bond donors (Lipinski definition) is 1. The lowest BCUT2D eigenvalue weighted by atomic mass is 10.0. The van der Waals surface area contributed by atoms with Crippen molar-refractivity contribution in [1.82, 2.24) is 4.31 Å². The highest BCUT2D eigenvalue weighted by molar-refractivity contribution is 7.89. The number of sulfonamides is 1. The van der Waals surface area contributed by atoms with Gasteiger partial charge in [-0.1, -0.05) is 18.6 Å². The van der Waals surface area contributed by atoms with Gasteiger partial charge in [0.1, 0.15) is 11.6 Å². The maximum absolute atomic E-state index is 13.7. The minimum Gasteiger partial charge on any atom is -0.324 e. The summed E-state index contributed by atoms with van der Waals surface area (Å²) in [5, 5.41) is 2.49. The van der Waals surface area contributed by atoms with Gasteiger partial charge in [-0.15, -0.1) is 0 Å². The van der Waals surface area contributed by atoms with Crippen molar-refractivity contribution in [2.45, 2.75) is 36.6 Å². The predicted molar refractivity (Wildman–Crippen MR) is 97.6 cm³/mol. The fourth-order valence-electron chi connectivity index (χ4n) is 3.21. The van der Waals surface area contributed by atoms with Gasteiger partial charge in [-0.3, -0.25) is 4.79 Å². The molecule has 1 amide bonds. The second kappa shape index (κ2) is 8.14. The van der Waals surface area contributed by atoms with Gasteiger partial charge in [-0.25, -0.2) is 17.2 Å². The Balaban J connectivity index is 1.76. The van der Waals surface area contributed by atoms with Crippen LogP contribution in [-0.4, -0.2) is 31.2 Å². The lowest BCUT2D eigenvalue weighted by Crippen LogP contribution is -2.45. The molecule has 0 saturated carbocycles. The third-order valence-corrected chi connectivity index (χ3v) is 6.53. The van der Waals surface area contributed by atoms with Crippen LogP contribution in [0.3, 0.4) is 0 Å². The molecule has 1 fully saturated rings. The fourth-order valence-corrected chi connectivity index (χ4v) is 4.91. The minimum absolute atomic E-state index is 0.00897. The maximum Gasteiger partial charge on any atom is 0.243 e. The van der Waals surface area contributed by atoms with Crippen molar-refractivity contribution in [2.75, 3.05) is 11.9 Å². The molecule has 1 heterocycles. The molecule has 0 bridgehead atoms. The average molecular weight is 394 g/mol. The molecule has 0 aliphatic carbocycles. The third-order valence-electron chi connectivity index (χ3n) is 4.56. The number of hydrogen-bond acceptors (Lipinski definition) is 3. The van der Waals surface area contributed by atoms with E-state index < -0.39 is 33.6 Å². The van der Waals surface area contributed by atoms with Crippen molar-refractivity contribution in [2.24, 2.45) is 0 Å². The summed E-state index contributed by atoms with van der Waals surface area (Å²) in [4.78, 5) is 12.3. The molecule has 0 aromatic heterocycles. The van der Waals surface area contributed by atoms with E-state index in [1.807, 2.05) is 0 Å². The Kier molecular flexibility index (Phi) is 5.86.